The van der Waals surface area contributed by atoms with Crippen LogP contribution in [0.1, 0.15) is 0 Å². The van der Waals surface area contributed by atoms with E-state index in [9.17, 15) is 0 Å². The number of aromatic nitrogens is 3. The highest BCUT2D eigenvalue weighted by atomic mass is 32.1. The van der Waals surface area contributed by atoms with Gasteiger partial charge in [0.1, 0.15) is 5.69 Å². The summed E-state index contributed by atoms with van der Waals surface area (Å²) in [6.45, 7) is 3.48. The Morgan fingerprint density at radius 1 is 1.45 bits per heavy atom. The number of nitrogens with one attached hydrogen (secondary N) is 1. The van der Waals surface area contributed by atoms with Gasteiger partial charge >= 0.3 is 0 Å². The summed E-state index contributed by atoms with van der Waals surface area (Å²) in [5.41, 5.74) is 0.853. The van der Waals surface area contributed by atoms with Crippen molar-refractivity contribution < 1.29 is 4.74 Å². The molecular formula is C13H17N5OS. The molecule has 0 aromatic carbocycles. The van der Waals surface area contributed by atoms with Gasteiger partial charge < -0.3 is 15.0 Å². The summed E-state index contributed by atoms with van der Waals surface area (Å²) >= 11 is 1.51. The molecule has 1 unspecified atom stereocenters. The maximum absolute atomic E-state index is 5.70. The Kier molecular flexibility index (Phi) is 4.19. The number of rotatable bonds is 4. The van der Waals surface area contributed by atoms with Crippen molar-refractivity contribution in [2.75, 3.05) is 38.6 Å². The second-order valence-electron chi connectivity index (χ2n) is 4.76. The number of ether oxygens (including phenoxy) is 1. The van der Waals surface area contributed by atoms with Crippen LogP contribution in [-0.2, 0) is 4.74 Å². The van der Waals surface area contributed by atoms with Crippen LogP contribution < -0.4 is 5.32 Å². The van der Waals surface area contributed by atoms with Gasteiger partial charge in [-0.15, -0.1) is 10.2 Å². The molecule has 2 aromatic rings. The second kappa shape index (κ2) is 6.25. The molecule has 6 nitrogen and oxygen atoms in total. The molecule has 0 saturated carbocycles. The number of likely N-dealkylation sites (N-methyl/N-ethyl adjacent to an activating group) is 1. The fourth-order valence-electron chi connectivity index (χ4n) is 2.08. The van der Waals surface area contributed by atoms with E-state index in [0.717, 1.165) is 42.1 Å². The van der Waals surface area contributed by atoms with E-state index in [-0.39, 0.29) is 6.10 Å². The molecule has 106 valence electrons. The van der Waals surface area contributed by atoms with E-state index in [0.29, 0.717) is 0 Å². The van der Waals surface area contributed by atoms with Crippen LogP contribution in [0, 0.1) is 0 Å². The molecule has 1 fully saturated rings. The highest BCUT2D eigenvalue weighted by Gasteiger charge is 2.18. The van der Waals surface area contributed by atoms with Crippen molar-refractivity contribution in [3.63, 3.8) is 0 Å². The molecule has 0 aliphatic carbocycles. The zero-order valence-corrected chi connectivity index (χ0v) is 12.1. The van der Waals surface area contributed by atoms with Crippen molar-refractivity contribution in [1.29, 1.82) is 0 Å². The van der Waals surface area contributed by atoms with Gasteiger partial charge in [-0.05, 0) is 19.2 Å². The zero-order valence-electron chi connectivity index (χ0n) is 11.3. The summed E-state index contributed by atoms with van der Waals surface area (Å²) in [6.07, 6.45) is 1.96. The Bertz CT molecular complexity index is 547. The van der Waals surface area contributed by atoms with E-state index < -0.39 is 0 Å². The van der Waals surface area contributed by atoms with E-state index in [2.05, 4.69) is 32.4 Å². The Hall–Kier alpha value is -1.57. The van der Waals surface area contributed by atoms with Gasteiger partial charge in [-0.25, -0.2) is 0 Å². The van der Waals surface area contributed by atoms with E-state index >= 15 is 0 Å². The van der Waals surface area contributed by atoms with Crippen LogP contribution in [0.15, 0.2) is 24.4 Å². The maximum Gasteiger partial charge on any atom is 0.206 e. The topological polar surface area (TPSA) is 63.2 Å². The lowest BCUT2D eigenvalue weighted by molar-refractivity contribution is -0.0117. The van der Waals surface area contributed by atoms with Crippen molar-refractivity contribution in [2.24, 2.45) is 0 Å². The number of nitrogens with zero attached hydrogens (tertiary/aromatic N) is 4. The lowest BCUT2D eigenvalue weighted by atomic mass is 10.3. The van der Waals surface area contributed by atoms with Gasteiger partial charge in [-0.1, -0.05) is 17.4 Å². The monoisotopic (exact) mass is 291 g/mol. The molecule has 1 aliphatic heterocycles. The molecule has 1 N–H and O–H groups in total. The molecule has 1 saturated heterocycles. The minimum Gasteiger partial charge on any atom is -0.374 e. The Morgan fingerprint density at radius 3 is 3.20 bits per heavy atom. The maximum atomic E-state index is 5.70. The highest BCUT2D eigenvalue weighted by molar-refractivity contribution is 7.18. The molecule has 0 amide bonds. The number of hydrogen-bond acceptors (Lipinski definition) is 7. The van der Waals surface area contributed by atoms with Gasteiger partial charge in [0.2, 0.25) is 5.13 Å². The van der Waals surface area contributed by atoms with E-state index in [4.69, 9.17) is 4.74 Å². The first kappa shape index (κ1) is 13.4. The SMILES string of the molecule is CN1CCOC(CNc2nnc(-c3ccccn3)s2)C1. The highest BCUT2D eigenvalue weighted by Crippen LogP contribution is 2.24. The van der Waals surface area contributed by atoms with Crippen molar-refractivity contribution in [3.8, 4) is 10.7 Å². The lowest BCUT2D eigenvalue weighted by Crippen LogP contribution is -2.43. The second-order valence-corrected chi connectivity index (χ2v) is 5.74. The molecule has 7 heteroatoms. The number of anilines is 1. The Labute approximate surface area is 121 Å². The molecule has 3 rings (SSSR count). The third kappa shape index (κ3) is 3.30. The normalized spacial score (nSPS) is 19.9. The molecule has 2 aromatic heterocycles. The van der Waals surface area contributed by atoms with E-state index in [1.807, 2.05) is 18.2 Å². The minimum atomic E-state index is 0.205. The van der Waals surface area contributed by atoms with Crippen molar-refractivity contribution in [3.05, 3.63) is 24.4 Å². The van der Waals surface area contributed by atoms with Crippen molar-refractivity contribution in [2.45, 2.75) is 6.10 Å². The standard InChI is InChI=1S/C13H17N5OS/c1-18-6-7-19-10(9-18)8-15-13-17-16-12(20-13)11-4-2-3-5-14-11/h2-5,10H,6-9H2,1H3,(H,15,17). The first-order chi connectivity index (χ1) is 9.81. The summed E-state index contributed by atoms with van der Waals surface area (Å²) in [7, 11) is 2.11. The first-order valence-corrected chi connectivity index (χ1v) is 7.42. The van der Waals surface area contributed by atoms with Crippen LogP contribution in [0.4, 0.5) is 5.13 Å². The van der Waals surface area contributed by atoms with Gasteiger partial charge in [0.15, 0.2) is 5.01 Å². The van der Waals surface area contributed by atoms with Gasteiger partial charge in [0.25, 0.3) is 0 Å². The van der Waals surface area contributed by atoms with Crippen molar-refractivity contribution >= 4 is 16.5 Å². The average Bonchev–Trinajstić information content (AvgIpc) is 2.95. The lowest BCUT2D eigenvalue weighted by Gasteiger charge is -2.29. The number of morpholine rings is 1. The Morgan fingerprint density at radius 2 is 2.40 bits per heavy atom. The number of hydrogen-bond donors (Lipinski definition) is 1. The fourth-order valence-corrected chi connectivity index (χ4v) is 2.81. The number of pyridine rings is 1. The third-order valence-corrected chi connectivity index (χ3v) is 4.04. The minimum absolute atomic E-state index is 0.205. The van der Waals surface area contributed by atoms with Crippen LogP contribution in [0.2, 0.25) is 0 Å². The van der Waals surface area contributed by atoms with Gasteiger partial charge in [-0.2, -0.15) is 0 Å². The fraction of sp³-hybridized carbons (Fsp3) is 0.462. The van der Waals surface area contributed by atoms with E-state index in [1.165, 1.54) is 11.3 Å². The predicted octanol–water partition coefficient (Wildman–Crippen LogP) is 1.34. The van der Waals surface area contributed by atoms with Crippen LogP contribution >= 0.6 is 11.3 Å². The molecular weight excluding hydrogens is 274 g/mol. The van der Waals surface area contributed by atoms with Gasteiger partial charge in [-0.3, -0.25) is 4.98 Å². The quantitative estimate of drug-likeness (QED) is 0.917. The largest absolute Gasteiger partial charge is 0.374 e. The zero-order chi connectivity index (χ0) is 13.8. The molecule has 0 radical (unpaired) electrons. The predicted molar refractivity (Wildman–Crippen MR) is 78.9 cm³/mol. The van der Waals surface area contributed by atoms with Gasteiger partial charge in [0.05, 0.1) is 12.7 Å². The molecule has 0 bridgehead atoms. The molecule has 1 atom stereocenters. The third-order valence-electron chi connectivity index (χ3n) is 3.13. The summed E-state index contributed by atoms with van der Waals surface area (Å²) in [6, 6.07) is 5.77. The van der Waals surface area contributed by atoms with Gasteiger partial charge in [0, 0.05) is 25.8 Å². The smallest absolute Gasteiger partial charge is 0.206 e. The summed E-state index contributed by atoms with van der Waals surface area (Å²) in [5, 5.41) is 13.2. The van der Waals surface area contributed by atoms with Crippen LogP contribution in [0.25, 0.3) is 10.7 Å². The summed E-state index contributed by atoms with van der Waals surface area (Å²) < 4.78 is 5.70. The summed E-state index contributed by atoms with van der Waals surface area (Å²) in [4.78, 5) is 6.54. The molecule has 3 heterocycles. The Balaban J connectivity index is 1.58. The van der Waals surface area contributed by atoms with Crippen LogP contribution in [-0.4, -0.2) is 59.5 Å². The van der Waals surface area contributed by atoms with Crippen LogP contribution in [0.3, 0.4) is 0 Å². The average molecular weight is 291 g/mol. The molecule has 1 aliphatic rings. The first-order valence-electron chi connectivity index (χ1n) is 6.60. The summed E-state index contributed by atoms with van der Waals surface area (Å²) in [5.74, 6) is 0. The molecule has 0 spiro atoms. The van der Waals surface area contributed by atoms with Crippen LogP contribution in [0.5, 0.6) is 0 Å². The molecule has 20 heavy (non-hydrogen) atoms. The van der Waals surface area contributed by atoms with Crippen molar-refractivity contribution in [1.82, 2.24) is 20.1 Å². The van der Waals surface area contributed by atoms with E-state index in [1.54, 1.807) is 6.20 Å².